The molecule has 0 aliphatic carbocycles. The van der Waals surface area contributed by atoms with Crippen LogP contribution in [0.5, 0.6) is 0 Å². The maximum atomic E-state index is 12.2. The van der Waals surface area contributed by atoms with Gasteiger partial charge in [0, 0.05) is 11.8 Å². The summed E-state index contributed by atoms with van der Waals surface area (Å²) in [7, 11) is 0. The lowest BCUT2D eigenvalue weighted by Gasteiger charge is -2.18. The van der Waals surface area contributed by atoms with E-state index in [1.54, 1.807) is 42.6 Å². The number of rotatable bonds is 2. The van der Waals surface area contributed by atoms with Crippen LogP contribution in [0.3, 0.4) is 0 Å². The number of anilines is 1. The number of carbonyl (C=O) groups excluding carboxylic acids is 1. The predicted octanol–water partition coefficient (Wildman–Crippen LogP) is 1.55. The van der Waals surface area contributed by atoms with E-state index in [2.05, 4.69) is 4.98 Å². The molecule has 2 aromatic rings. The van der Waals surface area contributed by atoms with E-state index in [1.165, 1.54) is 0 Å². The molecule has 5 nitrogen and oxygen atoms in total. The Bertz CT molecular complexity index is 519. The van der Waals surface area contributed by atoms with Crippen molar-refractivity contribution in [2.75, 3.05) is 4.90 Å². The zero-order chi connectivity index (χ0) is 12.3. The molecule has 1 heterocycles. The van der Waals surface area contributed by atoms with Crippen molar-refractivity contribution >= 4 is 17.7 Å². The number of nitrogens with zero attached hydrogens (tertiary/aromatic N) is 1. The molecule has 1 aromatic carbocycles. The van der Waals surface area contributed by atoms with Crippen molar-refractivity contribution in [1.82, 2.24) is 4.98 Å². The third-order valence-corrected chi connectivity index (χ3v) is 2.29. The summed E-state index contributed by atoms with van der Waals surface area (Å²) < 4.78 is 0. The Morgan fingerprint density at radius 3 is 2.41 bits per heavy atom. The molecule has 0 unspecified atom stereocenters. The number of amides is 1. The molecule has 0 aliphatic heterocycles. The fraction of sp³-hybridized carbons (Fsp3) is 0. The molecule has 0 radical (unpaired) electrons. The van der Waals surface area contributed by atoms with Crippen molar-refractivity contribution in [2.24, 2.45) is 5.73 Å². The van der Waals surface area contributed by atoms with Gasteiger partial charge in [0.15, 0.2) is 0 Å². The average molecular weight is 228 g/mol. The van der Waals surface area contributed by atoms with Gasteiger partial charge in [-0.25, -0.2) is 4.90 Å². The van der Waals surface area contributed by atoms with Gasteiger partial charge < -0.3 is 10.7 Å². The largest absolute Gasteiger partial charge is 0.369 e. The topological polar surface area (TPSA) is 86.0 Å². The molecule has 0 spiro atoms. The number of nitrogens with one attached hydrogen (secondary N) is 2. The van der Waals surface area contributed by atoms with Crippen LogP contribution in [0, 0.1) is 5.41 Å². The smallest absolute Gasteiger partial charge is 0.266 e. The maximum Gasteiger partial charge on any atom is 0.266 e. The van der Waals surface area contributed by atoms with Crippen LogP contribution >= 0.6 is 0 Å². The number of aromatic nitrogens is 1. The third kappa shape index (κ3) is 2.17. The SMILES string of the molecule is N=C(N)N(C(=O)c1ccccc1)c1ccc[nH]1. The summed E-state index contributed by atoms with van der Waals surface area (Å²) in [5.41, 5.74) is 5.92. The van der Waals surface area contributed by atoms with Gasteiger partial charge in [-0.2, -0.15) is 0 Å². The standard InChI is InChI=1S/C12H12N4O/c13-12(14)16(10-7-4-8-15-10)11(17)9-5-2-1-3-6-9/h1-8,15H,(H3,13,14). The number of hydrogen-bond acceptors (Lipinski definition) is 2. The minimum absolute atomic E-state index is 0.318. The van der Waals surface area contributed by atoms with Crippen molar-refractivity contribution in [3.05, 3.63) is 54.2 Å². The van der Waals surface area contributed by atoms with Crippen LogP contribution in [0.1, 0.15) is 10.4 Å². The van der Waals surface area contributed by atoms with E-state index in [-0.39, 0.29) is 11.9 Å². The highest BCUT2D eigenvalue weighted by Crippen LogP contribution is 2.13. The first-order valence-corrected chi connectivity index (χ1v) is 5.07. The molecule has 0 saturated carbocycles. The first-order chi connectivity index (χ1) is 8.20. The minimum atomic E-state index is -0.333. The second-order valence-electron chi connectivity index (χ2n) is 3.45. The lowest BCUT2D eigenvalue weighted by molar-refractivity contribution is 0.100. The maximum absolute atomic E-state index is 12.2. The quantitative estimate of drug-likeness (QED) is 0.538. The Balaban J connectivity index is 2.36. The Morgan fingerprint density at radius 1 is 1.18 bits per heavy atom. The molecule has 0 bridgehead atoms. The summed E-state index contributed by atoms with van der Waals surface area (Å²) in [6.45, 7) is 0. The van der Waals surface area contributed by atoms with Crippen LogP contribution in [0.2, 0.25) is 0 Å². The van der Waals surface area contributed by atoms with Crippen LogP contribution < -0.4 is 10.6 Å². The highest BCUT2D eigenvalue weighted by Gasteiger charge is 2.20. The molecule has 5 heteroatoms. The first-order valence-electron chi connectivity index (χ1n) is 5.07. The van der Waals surface area contributed by atoms with Crippen molar-refractivity contribution in [3.8, 4) is 0 Å². The van der Waals surface area contributed by atoms with Gasteiger partial charge in [-0.15, -0.1) is 0 Å². The Labute approximate surface area is 98.4 Å². The van der Waals surface area contributed by atoms with Gasteiger partial charge in [0.05, 0.1) is 0 Å². The fourth-order valence-corrected chi connectivity index (χ4v) is 1.52. The molecule has 4 N–H and O–H groups in total. The zero-order valence-electron chi connectivity index (χ0n) is 9.05. The van der Waals surface area contributed by atoms with Gasteiger partial charge in [-0.1, -0.05) is 18.2 Å². The molecule has 0 fully saturated rings. The highest BCUT2D eigenvalue weighted by atomic mass is 16.2. The van der Waals surface area contributed by atoms with Gasteiger partial charge in [0.25, 0.3) is 5.91 Å². The van der Waals surface area contributed by atoms with Crippen LogP contribution in [-0.2, 0) is 0 Å². The van der Waals surface area contributed by atoms with Crippen molar-refractivity contribution in [1.29, 1.82) is 5.41 Å². The summed E-state index contributed by atoms with van der Waals surface area (Å²) >= 11 is 0. The van der Waals surface area contributed by atoms with Crippen molar-refractivity contribution in [3.63, 3.8) is 0 Å². The molecule has 2 rings (SSSR count). The van der Waals surface area contributed by atoms with E-state index < -0.39 is 0 Å². The van der Waals surface area contributed by atoms with Crippen LogP contribution in [0.25, 0.3) is 0 Å². The van der Waals surface area contributed by atoms with Gasteiger partial charge in [0.2, 0.25) is 5.96 Å². The number of benzene rings is 1. The molecule has 1 amide bonds. The summed E-state index contributed by atoms with van der Waals surface area (Å²) in [4.78, 5) is 16.1. The van der Waals surface area contributed by atoms with E-state index in [0.717, 1.165) is 4.90 Å². The van der Waals surface area contributed by atoms with E-state index >= 15 is 0 Å². The molecule has 86 valence electrons. The summed E-state index contributed by atoms with van der Waals surface area (Å²) in [6, 6.07) is 12.1. The summed E-state index contributed by atoms with van der Waals surface area (Å²) in [5, 5.41) is 7.47. The van der Waals surface area contributed by atoms with E-state index in [9.17, 15) is 4.79 Å². The number of nitrogens with two attached hydrogens (primary N) is 1. The number of hydrogen-bond donors (Lipinski definition) is 3. The van der Waals surface area contributed by atoms with Gasteiger partial charge >= 0.3 is 0 Å². The van der Waals surface area contributed by atoms with Crippen molar-refractivity contribution < 1.29 is 4.79 Å². The van der Waals surface area contributed by atoms with Crippen molar-refractivity contribution in [2.45, 2.75) is 0 Å². The molecule has 1 aromatic heterocycles. The number of carbonyl (C=O) groups is 1. The lowest BCUT2D eigenvalue weighted by atomic mass is 10.2. The van der Waals surface area contributed by atoms with Gasteiger partial charge in [0.1, 0.15) is 5.82 Å². The Hall–Kier alpha value is -2.56. The number of guanidine groups is 1. The molecular formula is C12H12N4O. The predicted molar refractivity (Wildman–Crippen MR) is 66.0 cm³/mol. The second kappa shape index (κ2) is 4.52. The molecule has 0 aliphatic rings. The molecular weight excluding hydrogens is 216 g/mol. The van der Waals surface area contributed by atoms with Crippen LogP contribution in [-0.4, -0.2) is 16.9 Å². The normalized spacial score (nSPS) is 9.88. The first kappa shape index (κ1) is 10.9. The lowest BCUT2D eigenvalue weighted by Crippen LogP contribution is -2.41. The monoisotopic (exact) mass is 228 g/mol. The van der Waals surface area contributed by atoms with Gasteiger partial charge in [-0.05, 0) is 24.3 Å². The molecule has 17 heavy (non-hydrogen) atoms. The number of H-pyrrole nitrogens is 1. The molecule has 0 atom stereocenters. The zero-order valence-corrected chi connectivity index (χ0v) is 9.05. The van der Waals surface area contributed by atoms with E-state index in [1.807, 2.05) is 6.07 Å². The summed E-state index contributed by atoms with van der Waals surface area (Å²) in [5.74, 6) is -0.173. The number of aromatic amines is 1. The highest BCUT2D eigenvalue weighted by molar-refractivity contribution is 6.20. The van der Waals surface area contributed by atoms with Gasteiger partial charge in [-0.3, -0.25) is 10.2 Å². The second-order valence-corrected chi connectivity index (χ2v) is 3.45. The van der Waals surface area contributed by atoms with Crippen LogP contribution in [0.15, 0.2) is 48.7 Å². The van der Waals surface area contributed by atoms with E-state index in [0.29, 0.717) is 11.4 Å². The van der Waals surface area contributed by atoms with E-state index in [4.69, 9.17) is 11.1 Å². The van der Waals surface area contributed by atoms with Crippen LogP contribution in [0.4, 0.5) is 5.82 Å². The average Bonchev–Trinajstić information content (AvgIpc) is 2.83. The third-order valence-electron chi connectivity index (χ3n) is 2.29. The minimum Gasteiger partial charge on any atom is -0.369 e. The Morgan fingerprint density at radius 2 is 1.88 bits per heavy atom. The molecule has 0 saturated heterocycles. The Kier molecular flexibility index (Phi) is 2.91. The summed E-state index contributed by atoms with van der Waals surface area (Å²) in [6.07, 6.45) is 1.67. The fourth-order valence-electron chi connectivity index (χ4n) is 1.52.